The van der Waals surface area contributed by atoms with Crippen molar-refractivity contribution >= 4 is 27.3 Å². The van der Waals surface area contributed by atoms with Crippen LogP contribution in [0.1, 0.15) is 12.6 Å². The van der Waals surface area contributed by atoms with Crippen LogP contribution in [0.3, 0.4) is 0 Å². The van der Waals surface area contributed by atoms with Crippen LogP contribution in [0.4, 0.5) is 5.69 Å². The van der Waals surface area contributed by atoms with Crippen molar-refractivity contribution in [3.63, 3.8) is 0 Å². The number of nitrogens with one attached hydrogen (secondary N) is 3. The molecule has 10 heteroatoms. The number of hydrazone groups is 1. The molecule has 1 aliphatic rings. The number of H-pyrrole nitrogens is 2. The molecule has 4 aromatic rings. The van der Waals surface area contributed by atoms with Gasteiger partial charge in [-0.05, 0) is 25.1 Å². The van der Waals surface area contributed by atoms with Gasteiger partial charge in [-0.3, -0.25) is 14.2 Å². The van der Waals surface area contributed by atoms with Crippen LogP contribution in [0.5, 0.6) is 0 Å². The molecule has 0 fully saturated rings. The van der Waals surface area contributed by atoms with Crippen LogP contribution in [0.2, 0.25) is 0 Å². The number of aromatic amines is 2. The average molecular weight is 461 g/mol. The zero-order valence-corrected chi connectivity index (χ0v) is 18.4. The fourth-order valence-corrected chi connectivity index (χ4v) is 5.43. The van der Waals surface area contributed by atoms with E-state index in [9.17, 15) is 13.2 Å². The maximum absolute atomic E-state index is 13.6. The number of aromatic nitrogens is 3. The first-order valence-electron chi connectivity index (χ1n) is 10.2. The Balaban J connectivity index is 1.56. The third kappa shape index (κ3) is 3.60. The van der Waals surface area contributed by atoms with Gasteiger partial charge in [-0.15, -0.1) is 0 Å². The molecule has 5 rings (SSSR count). The zero-order valence-electron chi connectivity index (χ0n) is 17.6. The van der Waals surface area contributed by atoms with Gasteiger partial charge in [0.25, 0.3) is 15.9 Å². The summed E-state index contributed by atoms with van der Waals surface area (Å²) >= 11 is 0. The molecule has 2 aromatic heterocycles. The van der Waals surface area contributed by atoms with Gasteiger partial charge < -0.3 is 4.98 Å². The predicted molar refractivity (Wildman–Crippen MR) is 125 cm³/mol. The number of nitrogens with zero attached hydrogens (tertiary/aromatic N) is 3. The second-order valence-corrected chi connectivity index (χ2v) is 9.32. The number of amides is 1. The van der Waals surface area contributed by atoms with Gasteiger partial charge in [0.2, 0.25) is 0 Å². The van der Waals surface area contributed by atoms with Crippen molar-refractivity contribution in [2.75, 3.05) is 10.8 Å². The minimum Gasteiger partial charge on any atom is -0.360 e. The molecular formula is C23H20N6O3S. The van der Waals surface area contributed by atoms with E-state index in [1.165, 1.54) is 6.07 Å². The van der Waals surface area contributed by atoms with E-state index in [4.69, 9.17) is 0 Å². The molecule has 0 unspecified atom stereocenters. The van der Waals surface area contributed by atoms with Crippen molar-refractivity contribution in [3.05, 3.63) is 78.6 Å². The number of rotatable bonds is 5. The maximum Gasteiger partial charge on any atom is 0.265 e. The molecule has 0 radical (unpaired) electrons. The Morgan fingerprint density at radius 1 is 1.06 bits per heavy atom. The van der Waals surface area contributed by atoms with Crippen LogP contribution >= 0.6 is 0 Å². The molecule has 9 nitrogen and oxygen atoms in total. The summed E-state index contributed by atoms with van der Waals surface area (Å²) in [7, 11) is -4.02. The molecule has 0 spiro atoms. The number of anilines is 1. The van der Waals surface area contributed by atoms with E-state index in [1.54, 1.807) is 31.3 Å². The van der Waals surface area contributed by atoms with Crippen LogP contribution in [-0.4, -0.2) is 41.8 Å². The van der Waals surface area contributed by atoms with Gasteiger partial charge in [-0.2, -0.15) is 10.2 Å². The molecule has 2 aromatic carbocycles. The summed E-state index contributed by atoms with van der Waals surface area (Å²) in [5.74, 6) is -0.574. The fraction of sp³-hybridized carbons (Fsp3) is 0.0870. The molecule has 0 aliphatic carbocycles. The van der Waals surface area contributed by atoms with E-state index >= 15 is 0 Å². The van der Waals surface area contributed by atoms with Crippen LogP contribution in [0.15, 0.2) is 82.9 Å². The standard InChI is InChI=1S/C23H20N6O3S/c1-15(18-11-7-13-24-18)25-26-20(30)14-29-23-21(16-8-3-2-4-9-16)27-28-22(23)17-10-5-6-12-19(17)33(29,31)32/h2-13,24H,14H2,1H3,(H,26,30)(H,27,28)/b25-15+. The molecule has 0 bridgehead atoms. The van der Waals surface area contributed by atoms with Gasteiger partial charge in [0.15, 0.2) is 0 Å². The summed E-state index contributed by atoms with van der Waals surface area (Å²) in [5.41, 5.74) is 6.33. The Bertz CT molecular complexity index is 1440. The SMILES string of the molecule is C/C(=N\NC(=O)CN1c2c(-c3ccccc3)n[nH]c2-c2ccccc2S1(=O)=O)c1ccc[nH]1. The number of sulfonamides is 1. The highest BCUT2D eigenvalue weighted by molar-refractivity contribution is 7.93. The number of hydrogen-bond donors (Lipinski definition) is 3. The zero-order chi connectivity index (χ0) is 23.0. The molecule has 0 saturated heterocycles. The van der Waals surface area contributed by atoms with Crippen molar-refractivity contribution in [3.8, 4) is 22.5 Å². The number of carbonyl (C=O) groups excluding carboxylic acids is 1. The topological polar surface area (TPSA) is 123 Å². The molecule has 33 heavy (non-hydrogen) atoms. The molecule has 0 atom stereocenters. The Hall–Kier alpha value is -4.18. The lowest BCUT2D eigenvalue weighted by Gasteiger charge is -2.29. The van der Waals surface area contributed by atoms with Gasteiger partial charge in [0, 0.05) is 17.3 Å². The second kappa shape index (κ2) is 8.06. The van der Waals surface area contributed by atoms with Gasteiger partial charge in [-0.25, -0.2) is 13.8 Å². The third-order valence-corrected chi connectivity index (χ3v) is 7.19. The highest BCUT2D eigenvalue weighted by Gasteiger charge is 2.39. The first-order valence-corrected chi connectivity index (χ1v) is 11.6. The smallest absolute Gasteiger partial charge is 0.265 e. The minimum atomic E-state index is -4.02. The average Bonchev–Trinajstić information content (AvgIpc) is 3.51. The summed E-state index contributed by atoms with van der Waals surface area (Å²) < 4.78 is 28.2. The van der Waals surface area contributed by atoms with E-state index < -0.39 is 22.5 Å². The van der Waals surface area contributed by atoms with Crippen molar-refractivity contribution in [1.82, 2.24) is 20.6 Å². The summed E-state index contributed by atoms with van der Waals surface area (Å²) in [4.78, 5) is 15.9. The lowest BCUT2D eigenvalue weighted by molar-refractivity contribution is -0.119. The van der Waals surface area contributed by atoms with Gasteiger partial charge in [0.1, 0.15) is 17.9 Å². The van der Waals surface area contributed by atoms with Gasteiger partial charge in [0.05, 0.1) is 22.0 Å². The maximum atomic E-state index is 13.6. The van der Waals surface area contributed by atoms with Crippen LogP contribution < -0.4 is 9.73 Å². The third-order valence-electron chi connectivity index (χ3n) is 5.38. The van der Waals surface area contributed by atoms with E-state index in [2.05, 4.69) is 25.7 Å². The highest BCUT2D eigenvalue weighted by Crippen LogP contribution is 2.46. The van der Waals surface area contributed by atoms with E-state index in [1.807, 2.05) is 42.5 Å². The molecule has 166 valence electrons. The van der Waals surface area contributed by atoms with E-state index in [-0.39, 0.29) is 4.90 Å². The molecule has 3 heterocycles. The van der Waals surface area contributed by atoms with E-state index in [0.717, 1.165) is 15.6 Å². The Morgan fingerprint density at radius 2 is 1.82 bits per heavy atom. The van der Waals surface area contributed by atoms with Crippen molar-refractivity contribution in [1.29, 1.82) is 0 Å². The van der Waals surface area contributed by atoms with Crippen LogP contribution in [0, 0.1) is 0 Å². The Kier molecular flexibility index (Phi) is 5.06. The first kappa shape index (κ1) is 20.7. The molecule has 1 amide bonds. The molecule has 3 N–H and O–H groups in total. The van der Waals surface area contributed by atoms with Gasteiger partial charge >= 0.3 is 0 Å². The molecule has 1 aliphatic heterocycles. The van der Waals surface area contributed by atoms with Crippen LogP contribution in [0.25, 0.3) is 22.5 Å². The Morgan fingerprint density at radius 3 is 2.58 bits per heavy atom. The number of benzene rings is 2. The van der Waals surface area contributed by atoms with Gasteiger partial charge in [-0.1, -0.05) is 48.5 Å². The number of hydrogen-bond acceptors (Lipinski definition) is 5. The lowest BCUT2D eigenvalue weighted by atomic mass is 10.1. The van der Waals surface area contributed by atoms with Crippen LogP contribution in [-0.2, 0) is 14.8 Å². The highest BCUT2D eigenvalue weighted by atomic mass is 32.2. The van der Waals surface area contributed by atoms with E-state index in [0.29, 0.717) is 28.4 Å². The van der Waals surface area contributed by atoms with Crippen molar-refractivity contribution < 1.29 is 13.2 Å². The van der Waals surface area contributed by atoms with Crippen molar-refractivity contribution in [2.45, 2.75) is 11.8 Å². The minimum absolute atomic E-state index is 0.111. The summed E-state index contributed by atoms with van der Waals surface area (Å²) in [6, 6.07) is 19.5. The monoisotopic (exact) mass is 460 g/mol. The number of carbonyl (C=O) groups is 1. The predicted octanol–water partition coefficient (Wildman–Crippen LogP) is 3.12. The largest absolute Gasteiger partial charge is 0.360 e. The lowest BCUT2D eigenvalue weighted by Crippen LogP contribution is -2.41. The number of fused-ring (bicyclic) bond motifs is 3. The fourth-order valence-electron chi connectivity index (χ4n) is 3.79. The summed E-state index contributed by atoms with van der Waals surface area (Å²) in [6.45, 7) is 1.28. The second-order valence-electron chi connectivity index (χ2n) is 7.49. The normalized spacial score (nSPS) is 14.5. The van der Waals surface area contributed by atoms with Crippen molar-refractivity contribution in [2.24, 2.45) is 5.10 Å². The Labute approximate surface area is 190 Å². The summed E-state index contributed by atoms with van der Waals surface area (Å²) in [5, 5.41) is 11.5. The first-order chi connectivity index (χ1) is 16.0. The summed E-state index contributed by atoms with van der Waals surface area (Å²) in [6.07, 6.45) is 1.75. The molecule has 0 saturated carbocycles. The quantitative estimate of drug-likeness (QED) is 0.313. The molecular weight excluding hydrogens is 440 g/mol.